The second kappa shape index (κ2) is 3.83. The Morgan fingerprint density at radius 2 is 2.14 bits per heavy atom. The smallest absolute Gasteiger partial charge is 0.455 e. The van der Waals surface area contributed by atoms with Crippen LogP contribution in [-0.2, 0) is 11.3 Å². The summed E-state index contributed by atoms with van der Waals surface area (Å²) in [5, 5.41) is 0. The maximum absolute atomic E-state index is 11.9. The molecule has 0 saturated carbocycles. The summed E-state index contributed by atoms with van der Waals surface area (Å²) < 4.78 is 44.9. The molecule has 0 spiro atoms. The Kier molecular flexibility index (Phi) is 2.95. The zero-order chi connectivity index (χ0) is 10.8. The van der Waals surface area contributed by atoms with Gasteiger partial charge in [0.15, 0.2) is 5.76 Å². The first-order valence-electron chi connectivity index (χ1n) is 3.64. The molecule has 0 aliphatic carbocycles. The van der Waals surface area contributed by atoms with Crippen LogP contribution in [0.2, 0.25) is 0 Å². The Bertz CT molecular complexity index is 327. The predicted octanol–water partition coefficient (Wildman–Crippen LogP) is 2.17. The first-order chi connectivity index (χ1) is 6.45. The van der Waals surface area contributed by atoms with Gasteiger partial charge in [0, 0.05) is 7.11 Å². The van der Waals surface area contributed by atoms with Crippen molar-refractivity contribution in [3.05, 3.63) is 23.7 Å². The van der Waals surface area contributed by atoms with E-state index in [4.69, 9.17) is 0 Å². The van der Waals surface area contributed by atoms with Crippen molar-refractivity contribution < 1.29 is 27.1 Å². The van der Waals surface area contributed by atoms with Gasteiger partial charge in [-0.3, -0.25) is 4.79 Å². The Balaban J connectivity index is 2.82. The Morgan fingerprint density at radius 1 is 1.50 bits per heavy atom. The van der Waals surface area contributed by atoms with Gasteiger partial charge in [0.2, 0.25) is 0 Å². The molecular formula is C8H7F3O3. The lowest BCUT2D eigenvalue weighted by atomic mass is 10.3. The monoisotopic (exact) mass is 208 g/mol. The summed E-state index contributed by atoms with van der Waals surface area (Å²) in [5.74, 6) is -2.52. The van der Waals surface area contributed by atoms with E-state index >= 15 is 0 Å². The number of carbonyl (C=O) groups excluding carboxylic acids is 1. The van der Waals surface area contributed by atoms with Crippen molar-refractivity contribution in [2.24, 2.45) is 0 Å². The lowest BCUT2D eigenvalue weighted by molar-refractivity contribution is -0.0900. The van der Waals surface area contributed by atoms with Crippen LogP contribution in [0.15, 0.2) is 16.5 Å². The fourth-order valence-corrected chi connectivity index (χ4v) is 0.859. The van der Waals surface area contributed by atoms with E-state index in [1.165, 1.54) is 13.2 Å². The number of alkyl halides is 3. The van der Waals surface area contributed by atoms with Gasteiger partial charge in [0.05, 0.1) is 0 Å². The first-order valence-corrected chi connectivity index (χ1v) is 3.64. The second-order valence-corrected chi connectivity index (χ2v) is 2.53. The van der Waals surface area contributed by atoms with Crippen molar-refractivity contribution in [3.63, 3.8) is 0 Å². The summed E-state index contributed by atoms with van der Waals surface area (Å²) in [4.78, 5) is 10.6. The second-order valence-electron chi connectivity index (χ2n) is 2.53. The van der Waals surface area contributed by atoms with E-state index < -0.39 is 17.7 Å². The van der Waals surface area contributed by atoms with Crippen LogP contribution in [0.4, 0.5) is 13.2 Å². The summed E-state index contributed by atoms with van der Waals surface area (Å²) in [6.07, 6.45) is -4.90. The van der Waals surface area contributed by atoms with Crippen molar-refractivity contribution in [2.45, 2.75) is 12.8 Å². The highest BCUT2D eigenvalue weighted by Gasteiger charge is 2.41. The number of hydrogen-bond donors (Lipinski definition) is 0. The number of halogens is 3. The standard InChI is InChI=1S/C8H7F3O3/c1-13-4-5-2-3-6(14-5)7(12)8(9,10)11/h2-3H,4H2,1H3. The number of rotatable bonds is 3. The highest BCUT2D eigenvalue weighted by Crippen LogP contribution is 2.22. The lowest BCUT2D eigenvalue weighted by Crippen LogP contribution is -2.22. The molecule has 0 aliphatic rings. The van der Waals surface area contributed by atoms with Crippen molar-refractivity contribution >= 4 is 5.78 Å². The van der Waals surface area contributed by atoms with Crippen molar-refractivity contribution in [3.8, 4) is 0 Å². The average Bonchev–Trinajstić information content (AvgIpc) is 2.50. The molecule has 14 heavy (non-hydrogen) atoms. The molecule has 0 fully saturated rings. The molecule has 78 valence electrons. The Morgan fingerprint density at radius 3 is 2.64 bits per heavy atom. The summed E-state index contributed by atoms with van der Waals surface area (Å²) >= 11 is 0. The number of Topliss-reactive ketones (excluding diaryl/α,β-unsaturated/α-hetero) is 1. The molecule has 3 nitrogen and oxygen atoms in total. The number of carbonyl (C=O) groups is 1. The molecule has 1 rings (SSSR count). The van der Waals surface area contributed by atoms with Crippen LogP contribution >= 0.6 is 0 Å². The average molecular weight is 208 g/mol. The molecule has 0 aromatic carbocycles. The SMILES string of the molecule is COCc1ccc(C(=O)C(F)(F)F)o1. The summed E-state index contributed by atoms with van der Waals surface area (Å²) in [6, 6.07) is 2.24. The molecule has 0 bridgehead atoms. The molecule has 1 aromatic heterocycles. The summed E-state index contributed by atoms with van der Waals surface area (Å²) in [6.45, 7) is 0.0329. The zero-order valence-corrected chi connectivity index (χ0v) is 7.22. The van der Waals surface area contributed by atoms with E-state index in [0.29, 0.717) is 0 Å². The van der Waals surface area contributed by atoms with Crippen LogP contribution in [0, 0.1) is 0 Å². The number of furan rings is 1. The van der Waals surface area contributed by atoms with E-state index in [0.717, 1.165) is 6.07 Å². The van der Waals surface area contributed by atoms with Crippen LogP contribution in [-0.4, -0.2) is 19.1 Å². The topological polar surface area (TPSA) is 39.4 Å². The molecule has 0 saturated heterocycles. The van der Waals surface area contributed by atoms with E-state index in [-0.39, 0.29) is 12.4 Å². The van der Waals surface area contributed by atoms with Gasteiger partial charge in [-0.1, -0.05) is 0 Å². The Labute approximate surface area is 77.5 Å². The third-order valence-corrected chi connectivity index (χ3v) is 1.43. The molecular weight excluding hydrogens is 201 g/mol. The van der Waals surface area contributed by atoms with Crippen LogP contribution in [0.5, 0.6) is 0 Å². The van der Waals surface area contributed by atoms with E-state index in [1.807, 2.05) is 0 Å². The highest BCUT2D eigenvalue weighted by atomic mass is 19.4. The lowest BCUT2D eigenvalue weighted by Gasteiger charge is -2.01. The first kappa shape index (κ1) is 10.8. The van der Waals surface area contributed by atoms with Crippen molar-refractivity contribution in [1.82, 2.24) is 0 Å². The van der Waals surface area contributed by atoms with Crippen LogP contribution in [0.3, 0.4) is 0 Å². The molecule has 6 heteroatoms. The maximum Gasteiger partial charge on any atom is 0.458 e. The molecule has 0 atom stereocenters. The molecule has 1 heterocycles. The van der Waals surface area contributed by atoms with E-state index in [2.05, 4.69) is 9.15 Å². The quantitative estimate of drug-likeness (QED) is 0.714. The van der Waals surface area contributed by atoms with E-state index in [9.17, 15) is 18.0 Å². The van der Waals surface area contributed by atoms with Gasteiger partial charge >= 0.3 is 12.0 Å². The van der Waals surface area contributed by atoms with Gasteiger partial charge in [-0.25, -0.2) is 0 Å². The molecule has 0 radical (unpaired) electrons. The molecule has 0 unspecified atom stereocenters. The van der Waals surface area contributed by atoms with Gasteiger partial charge in [0.1, 0.15) is 12.4 Å². The van der Waals surface area contributed by atoms with E-state index in [1.54, 1.807) is 0 Å². The molecule has 0 N–H and O–H groups in total. The number of methoxy groups -OCH3 is 1. The maximum atomic E-state index is 11.9. The largest absolute Gasteiger partial charge is 0.458 e. The van der Waals surface area contributed by atoms with Crippen molar-refractivity contribution in [2.75, 3.05) is 7.11 Å². The highest BCUT2D eigenvalue weighted by molar-refractivity contribution is 5.97. The molecule has 0 amide bonds. The fourth-order valence-electron chi connectivity index (χ4n) is 0.859. The van der Waals surface area contributed by atoms with Gasteiger partial charge in [0.25, 0.3) is 0 Å². The minimum atomic E-state index is -4.90. The van der Waals surface area contributed by atoms with Gasteiger partial charge in [-0.05, 0) is 12.1 Å². The molecule has 1 aromatic rings. The summed E-state index contributed by atoms with van der Waals surface area (Å²) in [5.41, 5.74) is 0. The Hall–Kier alpha value is -1.30. The van der Waals surface area contributed by atoms with Crippen molar-refractivity contribution in [1.29, 1.82) is 0 Å². The fraction of sp³-hybridized carbons (Fsp3) is 0.375. The number of ether oxygens (including phenoxy) is 1. The number of ketones is 1. The van der Waals surface area contributed by atoms with Crippen LogP contribution in [0.1, 0.15) is 16.3 Å². The summed E-state index contributed by atoms with van der Waals surface area (Å²) in [7, 11) is 1.37. The minimum absolute atomic E-state index is 0.0329. The van der Waals surface area contributed by atoms with Gasteiger partial charge < -0.3 is 9.15 Å². The minimum Gasteiger partial charge on any atom is -0.455 e. The third kappa shape index (κ3) is 2.35. The predicted molar refractivity (Wildman–Crippen MR) is 39.8 cm³/mol. The molecule has 0 aliphatic heterocycles. The zero-order valence-electron chi connectivity index (χ0n) is 7.22. The van der Waals surface area contributed by atoms with Crippen LogP contribution in [0.25, 0.3) is 0 Å². The third-order valence-electron chi connectivity index (χ3n) is 1.43. The van der Waals surface area contributed by atoms with Gasteiger partial charge in [-0.2, -0.15) is 13.2 Å². The number of hydrogen-bond acceptors (Lipinski definition) is 3. The normalized spacial score (nSPS) is 11.7. The van der Waals surface area contributed by atoms with Crippen LogP contribution < -0.4 is 0 Å². The van der Waals surface area contributed by atoms with Gasteiger partial charge in [-0.15, -0.1) is 0 Å².